The summed E-state index contributed by atoms with van der Waals surface area (Å²) in [5.41, 5.74) is 2.04. The molecule has 14 heavy (non-hydrogen) atoms. The Balaban J connectivity index is 0. The number of aromatic nitrogens is 2. The zero-order valence-corrected chi connectivity index (χ0v) is 10.6. The maximum atomic E-state index is 4.22. The first-order chi connectivity index (χ1) is 6.70. The van der Waals surface area contributed by atoms with Crippen LogP contribution >= 0.6 is 0 Å². The first-order valence-corrected chi connectivity index (χ1v) is 5.48. The Morgan fingerprint density at radius 3 is 1.71 bits per heavy atom. The van der Waals surface area contributed by atoms with Gasteiger partial charge in [-0.15, -0.1) is 0 Å². The van der Waals surface area contributed by atoms with Gasteiger partial charge in [0.25, 0.3) is 0 Å². The van der Waals surface area contributed by atoms with Crippen LogP contribution in [-0.4, -0.2) is 9.97 Å². The summed E-state index contributed by atoms with van der Waals surface area (Å²) < 4.78 is 0. The topological polar surface area (TPSA) is 25.8 Å². The Labute approximate surface area is 88.8 Å². The Bertz CT molecular complexity index is 202. The quantitative estimate of drug-likeness (QED) is 0.679. The smallest absolute Gasteiger partial charge is 0.0612 e. The number of aryl methyl sites for hydroxylation is 1. The molecule has 1 rings (SSSR count). The molecule has 1 aromatic heterocycles. The predicted molar refractivity (Wildman–Crippen MR) is 63.6 cm³/mol. The van der Waals surface area contributed by atoms with Crippen LogP contribution in [0.3, 0.4) is 0 Å². The van der Waals surface area contributed by atoms with Crippen LogP contribution in [0.15, 0.2) is 12.4 Å². The first-order valence-electron chi connectivity index (χ1n) is 5.48. The molecule has 0 spiro atoms. The second kappa shape index (κ2) is 10.2. The fourth-order valence-electron chi connectivity index (χ4n) is 0.701. The molecule has 0 N–H and O–H groups in total. The fraction of sp³-hybridized carbons (Fsp3) is 0.667. The normalized spacial score (nSPS) is 8.29. The molecule has 1 aromatic rings. The van der Waals surface area contributed by atoms with Crippen LogP contribution in [-0.2, 0) is 0 Å². The molecule has 0 amide bonds. The minimum absolute atomic E-state index is 0.480. The van der Waals surface area contributed by atoms with Crippen molar-refractivity contribution in [3.8, 4) is 0 Å². The van der Waals surface area contributed by atoms with E-state index >= 15 is 0 Å². The van der Waals surface area contributed by atoms with E-state index in [1.54, 1.807) is 6.20 Å². The van der Waals surface area contributed by atoms with Gasteiger partial charge in [-0.25, -0.2) is 0 Å². The minimum Gasteiger partial charge on any atom is -0.258 e. The van der Waals surface area contributed by atoms with E-state index in [-0.39, 0.29) is 0 Å². The van der Waals surface area contributed by atoms with Gasteiger partial charge in [-0.05, 0) is 12.8 Å². The van der Waals surface area contributed by atoms with Crippen molar-refractivity contribution in [3.63, 3.8) is 0 Å². The lowest BCUT2D eigenvalue weighted by atomic mass is 10.1. The third-order valence-corrected chi connectivity index (χ3v) is 1.39. The minimum atomic E-state index is 0.480. The molecule has 0 saturated carbocycles. The molecule has 0 aliphatic carbocycles. The molecule has 2 heteroatoms. The molecule has 0 aliphatic rings. The van der Waals surface area contributed by atoms with E-state index in [9.17, 15) is 0 Å². The molecule has 1 heterocycles. The van der Waals surface area contributed by atoms with Crippen molar-refractivity contribution in [1.82, 2.24) is 9.97 Å². The Kier molecular flexibility index (Phi) is 11.3. The second-order valence-corrected chi connectivity index (χ2v) is 2.74. The molecule has 0 unspecified atom stereocenters. The Morgan fingerprint density at radius 2 is 1.43 bits per heavy atom. The molecule has 0 aliphatic heterocycles. The highest BCUT2D eigenvalue weighted by Gasteiger charge is 1.98. The van der Waals surface area contributed by atoms with Gasteiger partial charge in [0.2, 0.25) is 0 Å². The molecule has 0 atom stereocenters. The van der Waals surface area contributed by atoms with Crippen molar-refractivity contribution in [3.05, 3.63) is 23.8 Å². The molecule has 82 valence electrons. The van der Waals surface area contributed by atoms with Crippen molar-refractivity contribution in [1.29, 1.82) is 0 Å². The molecular weight excluding hydrogens is 172 g/mol. The average molecular weight is 196 g/mol. The van der Waals surface area contributed by atoms with Gasteiger partial charge in [-0.2, -0.15) is 0 Å². The molecule has 0 aromatic carbocycles. The number of hydrogen-bond donors (Lipinski definition) is 0. The highest BCUT2D eigenvalue weighted by Crippen LogP contribution is 2.08. The van der Waals surface area contributed by atoms with Gasteiger partial charge in [0.05, 0.1) is 11.4 Å². The summed E-state index contributed by atoms with van der Waals surface area (Å²) in [6.45, 7) is 14.2. The van der Waals surface area contributed by atoms with E-state index in [0.29, 0.717) is 5.92 Å². The van der Waals surface area contributed by atoms with Crippen molar-refractivity contribution in [2.75, 3.05) is 0 Å². The van der Waals surface area contributed by atoms with Crippen LogP contribution in [0, 0.1) is 6.92 Å². The monoisotopic (exact) mass is 196 g/mol. The summed E-state index contributed by atoms with van der Waals surface area (Å²) in [6, 6.07) is 0. The molecule has 0 fully saturated rings. The van der Waals surface area contributed by atoms with E-state index in [4.69, 9.17) is 0 Å². The SMILES string of the molecule is CC.CC.Cc1cnc(C(C)C)cn1. The molecule has 0 saturated heterocycles. The van der Waals surface area contributed by atoms with E-state index in [0.717, 1.165) is 11.4 Å². The zero-order chi connectivity index (χ0) is 11.6. The van der Waals surface area contributed by atoms with Crippen LogP contribution in [0.5, 0.6) is 0 Å². The van der Waals surface area contributed by atoms with Gasteiger partial charge in [0, 0.05) is 12.4 Å². The van der Waals surface area contributed by atoms with Gasteiger partial charge in [-0.1, -0.05) is 41.5 Å². The van der Waals surface area contributed by atoms with Crippen LogP contribution < -0.4 is 0 Å². The summed E-state index contributed by atoms with van der Waals surface area (Å²) in [7, 11) is 0. The summed E-state index contributed by atoms with van der Waals surface area (Å²) in [5, 5.41) is 0. The summed E-state index contributed by atoms with van der Waals surface area (Å²) in [4.78, 5) is 8.35. The highest BCUT2D eigenvalue weighted by molar-refractivity contribution is 5.03. The zero-order valence-electron chi connectivity index (χ0n) is 10.6. The number of hydrogen-bond acceptors (Lipinski definition) is 2. The lowest BCUT2D eigenvalue weighted by Crippen LogP contribution is -1.93. The van der Waals surface area contributed by atoms with Gasteiger partial charge in [0.1, 0.15) is 0 Å². The van der Waals surface area contributed by atoms with Crippen LogP contribution in [0.4, 0.5) is 0 Å². The predicted octanol–water partition coefficient (Wildman–Crippen LogP) is 3.96. The average Bonchev–Trinajstić information content (AvgIpc) is 2.24. The van der Waals surface area contributed by atoms with Gasteiger partial charge in [0.15, 0.2) is 0 Å². The number of rotatable bonds is 1. The first kappa shape index (κ1) is 15.5. The maximum Gasteiger partial charge on any atom is 0.0612 e. The van der Waals surface area contributed by atoms with Crippen molar-refractivity contribution in [2.45, 2.75) is 54.4 Å². The van der Waals surface area contributed by atoms with Crippen LogP contribution in [0.2, 0.25) is 0 Å². The molecule has 0 bridgehead atoms. The maximum absolute atomic E-state index is 4.22. The van der Waals surface area contributed by atoms with Crippen LogP contribution in [0.1, 0.15) is 58.8 Å². The molecular formula is C12H24N2. The van der Waals surface area contributed by atoms with E-state index in [1.165, 1.54) is 0 Å². The van der Waals surface area contributed by atoms with Gasteiger partial charge >= 0.3 is 0 Å². The van der Waals surface area contributed by atoms with E-state index in [2.05, 4.69) is 23.8 Å². The third-order valence-electron chi connectivity index (χ3n) is 1.39. The van der Waals surface area contributed by atoms with Gasteiger partial charge < -0.3 is 0 Å². The van der Waals surface area contributed by atoms with Crippen molar-refractivity contribution in [2.24, 2.45) is 0 Å². The summed E-state index contributed by atoms with van der Waals surface area (Å²) in [5.74, 6) is 0.480. The lowest BCUT2D eigenvalue weighted by molar-refractivity contribution is 0.807. The Hall–Kier alpha value is -0.920. The second-order valence-electron chi connectivity index (χ2n) is 2.74. The standard InChI is InChI=1S/C8H12N2.2C2H6/c1-6(2)8-5-9-7(3)4-10-8;2*1-2/h4-6H,1-3H3;2*1-2H3. The summed E-state index contributed by atoms with van der Waals surface area (Å²) >= 11 is 0. The van der Waals surface area contributed by atoms with E-state index < -0.39 is 0 Å². The van der Waals surface area contributed by atoms with Crippen molar-refractivity contribution >= 4 is 0 Å². The lowest BCUT2D eigenvalue weighted by Gasteiger charge is -2.01. The van der Waals surface area contributed by atoms with Crippen LogP contribution in [0.25, 0.3) is 0 Å². The van der Waals surface area contributed by atoms with Crippen molar-refractivity contribution < 1.29 is 0 Å². The fourth-order valence-corrected chi connectivity index (χ4v) is 0.701. The largest absolute Gasteiger partial charge is 0.258 e. The molecule has 2 nitrogen and oxygen atoms in total. The van der Waals surface area contributed by atoms with E-state index in [1.807, 2.05) is 40.8 Å². The Morgan fingerprint density at radius 1 is 0.929 bits per heavy atom. The summed E-state index contributed by atoms with van der Waals surface area (Å²) in [6.07, 6.45) is 3.63. The highest BCUT2D eigenvalue weighted by atomic mass is 14.8. The van der Waals surface area contributed by atoms with Gasteiger partial charge in [-0.3, -0.25) is 9.97 Å². The molecule has 0 radical (unpaired) electrons. The third kappa shape index (κ3) is 6.58. The number of nitrogens with zero attached hydrogens (tertiary/aromatic N) is 2.